The van der Waals surface area contributed by atoms with E-state index < -0.39 is 11.7 Å². The number of dihydropyridines is 1. The molecular weight excluding hydrogens is 496 g/mol. The smallest absolute Gasteiger partial charge is 0.128 e. The third-order valence-electron chi connectivity index (χ3n) is 8.44. The van der Waals surface area contributed by atoms with Crippen molar-refractivity contribution < 1.29 is 14.9 Å². The van der Waals surface area contributed by atoms with Crippen LogP contribution in [-0.2, 0) is 11.0 Å². The number of ether oxygens (including phenoxy) is 1. The van der Waals surface area contributed by atoms with Gasteiger partial charge in [0.15, 0.2) is 0 Å². The molecule has 3 N–H and O–H groups in total. The summed E-state index contributed by atoms with van der Waals surface area (Å²) < 4.78 is 6.19. The highest BCUT2D eigenvalue weighted by atomic mass is 35.5. The Kier molecular flexibility index (Phi) is 7.74. The Bertz CT molecular complexity index is 1250. The summed E-state index contributed by atoms with van der Waals surface area (Å²) in [4.78, 5) is 2.50. The summed E-state index contributed by atoms with van der Waals surface area (Å²) in [6.07, 6.45) is 8.97. The fraction of sp³-hybridized carbons (Fsp3) is 0.438. The van der Waals surface area contributed by atoms with Crippen LogP contribution in [0.2, 0.25) is 5.02 Å². The van der Waals surface area contributed by atoms with Gasteiger partial charge < -0.3 is 25.2 Å². The molecule has 2 aromatic rings. The molecule has 0 spiro atoms. The van der Waals surface area contributed by atoms with Crippen molar-refractivity contribution in [2.45, 2.75) is 57.2 Å². The number of piperidine rings is 1. The van der Waals surface area contributed by atoms with E-state index >= 15 is 0 Å². The minimum absolute atomic E-state index is 0.233. The van der Waals surface area contributed by atoms with Crippen LogP contribution in [0.3, 0.4) is 0 Å². The quantitative estimate of drug-likeness (QED) is 0.453. The van der Waals surface area contributed by atoms with Crippen LogP contribution in [0.4, 0.5) is 0 Å². The summed E-state index contributed by atoms with van der Waals surface area (Å²) in [6.45, 7) is 9.67. The zero-order valence-electron chi connectivity index (χ0n) is 22.6. The Morgan fingerprint density at radius 1 is 1.16 bits per heavy atom. The van der Waals surface area contributed by atoms with Crippen LogP contribution in [0.15, 0.2) is 72.0 Å². The van der Waals surface area contributed by atoms with Crippen molar-refractivity contribution in [3.05, 3.63) is 93.7 Å². The second-order valence-corrected chi connectivity index (χ2v) is 11.8. The zero-order valence-corrected chi connectivity index (χ0v) is 23.4. The molecule has 3 aliphatic heterocycles. The molecule has 3 aliphatic rings. The molecule has 5 nitrogen and oxygen atoms in total. The maximum atomic E-state index is 10.8. The second kappa shape index (κ2) is 10.9. The molecule has 1 saturated heterocycles. The summed E-state index contributed by atoms with van der Waals surface area (Å²) in [5.41, 5.74) is 5.32. The molecule has 0 bridgehead atoms. The number of nitrogens with one attached hydrogen (secondary N) is 1. The highest BCUT2D eigenvalue weighted by molar-refractivity contribution is 6.30. The number of aliphatic hydroxyl groups excluding tert-OH is 1. The van der Waals surface area contributed by atoms with Gasteiger partial charge in [-0.25, -0.2) is 0 Å². The summed E-state index contributed by atoms with van der Waals surface area (Å²) in [5.74, 6) is 0.844. The van der Waals surface area contributed by atoms with Gasteiger partial charge in [-0.2, -0.15) is 0 Å². The van der Waals surface area contributed by atoms with Gasteiger partial charge >= 0.3 is 0 Å². The number of likely N-dealkylation sites (tertiary alicyclic amines) is 1. The molecule has 0 saturated carbocycles. The van der Waals surface area contributed by atoms with Gasteiger partial charge in [0.05, 0.1) is 17.4 Å². The third kappa shape index (κ3) is 5.43. The van der Waals surface area contributed by atoms with Crippen molar-refractivity contribution in [1.82, 2.24) is 10.2 Å². The van der Waals surface area contributed by atoms with Gasteiger partial charge in [-0.3, -0.25) is 0 Å². The number of allylic oxidation sites excluding steroid dienone is 3. The molecule has 0 radical (unpaired) electrons. The Balaban J connectivity index is 1.35. The Morgan fingerprint density at radius 3 is 2.58 bits per heavy atom. The molecule has 5 rings (SSSR count). The number of hydrogen-bond acceptors (Lipinski definition) is 5. The lowest BCUT2D eigenvalue weighted by atomic mass is 9.69. The lowest BCUT2D eigenvalue weighted by Gasteiger charge is -2.44. The van der Waals surface area contributed by atoms with Gasteiger partial charge in [-0.1, -0.05) is 48.0 Å². The van der Waals surface area contributed by atoms with Crippen molar-refractivity contribution in [3.8, 4) is 5.75 Å². The van der Waals surface area contributed by atoms with E-state index in [2.05, 4.69) is 46.6 Å². The van der Waals surface area contributed by atoms with Crippen molar-refractivity contribution in [2.75, 3.05) is 32.8 Å². The molecule has 1 atom stereocenters. The molecule has 6 heteroatoms. The average Bonchev–Trinajstić information content (AvgIpc) is 3.06. The number of rotatable bonds is 6. The second-order valence-electron chi connectivity index (χ2n) is 11.3. The van der Waals surface area contributed by atoms with Crippen molar-refractivity contribution in [2.24, 2.45) is 0 Å². The first-order valence-corrected chi connectivity index (χ1v) is 14.1. The minimum Gasteiger partial charge on any atom is -0.487 e. The van der Waals surface area contributed by atoms with Crippen molar-refractivity contribution in [3.63, 3.8) is 0 Å². The van der Waals surface area contributed by atoms with E-state index in [0.29, 0.717) is 6.61 Å². The van der Waals surface area contributed by atoms with Crippen LogP contribution >= 0.6 is 11.6 Å². The number of fused-ring (bicyclic) bond motifs is 1. The van der Waals surface area contributed by atoms with Gasteiger partial charge in [0, 0.05) is 34.7 Å². The van der Waals surface area contributed by atoms with Crippen molar-refractivity contribution in [1.29, 1.82) is 0 Å². The molecule has 0 aliphatic carbocycles. The normalized spacial score (nSPS) is 21.3. The van der Waals surface area contributed by atoms with Crippen molar-refractivity contribution >= 4 is 17.2 Å². The maximum absolute atomic E-state index is 10.8. The van der Waals surface area contributed by atoms with Gasteiger partial charge in [-0.05, 0) is 94.1 Å². The van der Waals surface area contributed by atoms with Crippen LogP contribution in [0.25, 0.3) is 5.57 Å². The van der Waals surface area contributed by atoms with E-state index in [9.17, 15) is 10.2 Å². The predicted molar refractivity (Wildman–Crippen MR) is 154 cm³/mol. The SMILES string of the molecule is CC(O)C1(c2ccc(Cl)cc2)CCN(CC/C=C2\C3=C(COc4ccc(C(C)(C)O)cc42)NCC=C3)CC1. The average molecular weight is 535 g/mol. The molecule has 38 heavy (non-hydrogen) atoms. The first-order chi connectivity index (χ1) is 18.2. The lowest BCUT2D eigenvalue weighted by Crippen LogP contribution is -2.48. The number of halogens is 1. The van der Waals surface area contributed by atoms with E-state index in [4.69, 9.17) is 16.3 Å². The predicted octanol–water partition coefficient (Wildman–Crippen LogP) is 5.56. The molecule has 0 aromatic heterocycles. The number of aliphatic hydroxyl groups is 2. The zero-order chi connectivity index (χ0) is 26.9. The topological polar surface area (TPSA) is 65.0 Å². The van der Waals surface area contributed by atoms with Crippen LogP contribution in [0, 0.1) is 0 Å². The van der Waals surface area contributed by atoms with Crippen LogP contribution in [0.1, 0.15) is 56.7 Å². The summed E-state index contributed by atoms with van der Waals surface area (Å²) in [7, 11) is 0. The van der Waals surface area contributed by atoms with Gasteiger partial charge in [0.1, 0.15) is 12.4 Å². The highest BCUT2D eigenvalue weighted by Gasteiger charge is 2.40. The lowest BCUT2D eigenvalue weighted by molar-refractivity contribution is 0.0423. The Hall–Kier alpha value is -2.57. The first kappa shape index (κ1) is 27.0. The third-order valence-corrected chi connectivity index (χ3v) is 8.69. The standard InChI is InChI=1S/C32H39ClN2O3/c1-22(36)32(23-8-11-25(33)12-9-23)14-18-35(19-15-32)17-5-7-26-27-6-4-16-34-29(27)21-38-30-13-10-24(20-28(26)30)31(2,3)37/h4,6-13,20,22,34,36-37H,5,14-19,21H2,1-3H3/b26-7+. The van der Waals surface area contributed by atoms with Crippen LogP contribution in [-0.4, -0.2) is 54.0 Å². The molecule has 1 fully saturated rings. The highest BCUT2D eigenvalue weighted by Crippen LogP contribution is 2.41. The minimum atomic E-state index is -0.932. The Labute approximate surface area is 231 Å². The van der Waals surface area contributed by atoms with Gasteiger partial charge in [0.25, 0.3) is 0 Å². The monoisotopic (exact) mass is 534 g/mol. The molecular formula is C32H39ClN2O3. The fourth-order valence-electron chi connectivity index (χ4n) is 5.99. The summed E-state index contributed by atoms with van der Waals surface area (Å²) >= 11 is 6.13. The van der Waals surface area contributed by atoms with Gasteiger partial charge in [-0.15, -0.1) is 0 Å². The first-order valence-electron chi connectivity index (χ1n) is 13.7. The van der Waals surface area contributed by atoms with Crippen LogP contribution < -0.4 is 10.1 Å². The number of nitrogens with zero attached hydrogens (tertiary/aromatic N) is 1. The summed E-state index contributed by atoms with van der Waals surface area (Å²) in [5, 5.41) is 25.7. The molecule has 202 valence electrons. The molecule has 1 unspecified atom stereocenters. The number of hydrogen-bond donors (Lipinski definition) is 3. The van der Waals surface area contributed by atoms with E-state index in [1.807, 2.05) is 45.0 Å². The fourth-order valence-corrected chi connectivity index (χ4v) is 6.12. The van der Waals surface area contributed by atoms with E-state index in [0.717, 1.165) is 84.2 Å². The Morgan fingerprint density at radius 2 is 1.89 bits per heavy atom. The maximum Gasteiger partial charge on any atom is 0.128 e. The molecule has 2 aromatic carbocycles. The number of benzene rings is 2. The largest absolute Gasteiger partial charge is 0.487 e. The molecule has 3 heterocycles. The molecule has 0 amide bonds. The van der Waals surface area contributed by atoms with Crippen LogP contribution in [0.5, 0.6) is 5.75 Å². The van der Waals surface area contributed by atoms with E-state index in [1.54, 1.807) is 0 Å². The summed E-state index contributed by atoms with van der Waals surface area (Å²) in [6, 6.07) is 14.0. The van der Waals surface area contributed by atoms with E-state index in [1.165, 1.54) is 5.56 Å². The van der Waals surface area contributed by atoms with E-state index in [-0.39, 0.29) is 5.41 Å². The van der Waals surface area contributed by atoms with Gasteiger partial charge in [0.2, 0.25) is 0 Å².